The summed E-state index contributed by atoms with van der Waals surface area (Å²) in [7, 11) is 0. The van der Waals surface area contributed by atoms with Crippen LogP contribution >= 0.6 is 0 Å². The van der Waals surface area contributed by atoms with Gasteiger partial charge in [-0.15, -0.1) is 5.10 Å². The van der Waals surface area contributed by atoms with Crippen molar-refractivity contribution >= 4 is 5.97 Å². The van der Waals surface area contributed by atoms with Crippen molar-refractivity contribution in [2.45, 2.75) is 37.1 Å². The van der Waals surface area contributed by atoms with Crippen molar-refractivity contribution in [1.82, 2.24) is 35.4 Å². The molecule has 11 heteroatoms. The average Bonchev–Trinajstić information content (AvgIpc) is 3.36. The molecule has 10 nitrogen and oxygen atoms in total. The van der Waals surface area contributed by atoms with Crippen molar-refractivity contribution in [1.29, 1.82) is 0 Å². The van der Waals surface area contributed by atoms with Crippen molar-refractivity contribution in [3.05, 3.63) is 78.7 Å². The normalized spacial score (nSPS) is 19.7. The fraction of sp³-hybridized carbons (Fsp3) is 0.231. The Hall–Kier alpha value is -4.51. The van der Waals surface area contributed by atoms with Gasteiger partial charge in [0.15, 0.2) is 5.69 Å². The first-order valence-corrected chi connectivity index (χ1v) is 11.8. The second-order valence-corrected chi connectivity index (χ2v) is 9.03. The zero-order valence-electron chi connectivity index (χ0n) is 19.5. The van der Waals surface area contributed by atoms with Crippen LogP contribution in [0, 0.1) is 0 Å². The van der Waals surface area contributed by atoms with E-state index in [0.717, 1.165) is 16.7 Å². The van der Waals surface area contributed by atoms with E-state index < -0.39 is 23.7 Å². The molecule has 2 aliphatic rings. The van der Waals surface area contributed by atoms with Crippen LogP contribution in [0.25, 0.3) is 34.2 Å². The first kappa shape index (κ1) is 22.9. The van der Waals surface area contributed by atoms with Gasteiger partial charge in [-0.3, -0.25) is 15.1 Å². The van der Waals surface area contributed by atoms with E-state index in [1.54, 1.807) is 42.8 Å². The standard InChI is InChI=1S/C26H22FN7O3/c27-19-3-1-2-4-20(19)34-22(17-9-13-28-14-10-17)21(31-33-34)24-30-23(32-37-24)18-7-5-16(6-8-18)15-29-26(11-12-26)25(35)36/h1-10,13-14,19-20,29H,11-12,15H2,(H,35,36)/t19?,20-/m0/s1. The summed E-state index contributed by atoms with van der Waals surface area (Å²) in [5, 5.41) is 25.1. The Morgan fingerprint density at radius 2 is 1.86 bits per heavy atom. The summed E-state index contributed by atoms with van der Waals surface area (Å²) in [5.74, 6) is -0.302. The summed E-state index contributed by atoms with van der Waals surface area (Å²) in [6.45, 7) is 0.447. The molecular weight excluding hydrogens is 477 g/mol. The summed E-state index contributed by atoms with van der Waals surface area (Å²) >= 11 is 0. The minimum absolute atomic E-state index is 0.154. The molecule has 0 radical (unpaired) electrons. The largest absolute Gasteiger partial charge is 0.480 e. The molecule has 3 aromatic heterocycles. The highest BCUT2D eigenvalue weighted by Crippen LogP contribution is 2.36. The molecule has 2 atom stereocenters. The number of rotatable bonds is 8. The van der Waals surface area contributed by atoms with Crippen LogP contribution in [-0.4, -0.2) is 52.9 Å². The summed E-state index contributed by atoms with van der Waals surface area (Å²) in [4.78, 5) is 20.0. The number of carboxylic acid groups (broad SMARTS) is 1. The summed E-state index contributed by atoms with van der Waals surface area (Å²) in [5.41, 5.74) is 2.48. The number of nitrogens with one attached hydrogen (secondary N) is 1. The zero-order chi connectivity index (χ0) is 25.4. The molecule has 2 N–H and O–H groups in total. The molecule has 1 unspecified atom stereocenters. The third-order valence-corrected chi connectivity index (χ3v) is 6.60. The maximum atomic E-state index is 14.7. The molecule has 6 rings (SSSR count). The van der Waals surface area contributed by atoms with E-state index in [-0.39, 0.29) is 5.89 Å². The van der Waals surface area contributed by atoms with Gasteiger partial charge in [-0.1, -0.05) is 52.9 Å². The van der Waals surface area contributed by atoms with Crippen LogP contribution in [0.15, 0.2) is 77.6 Å². The maximum absolute atomic E-state index is 14.7. The molecule has 1 saturated carbocycles. The minimum atomic E-state index is -1.27. The topological polar surface area (TPSA) is 132 Å². The van der Waals surface area contributed by atoms with E-state index in [1.165, 1.54) is 10.8 Å². The highest BCUT2D eigenvalue weighted by atomic mass is 19.1. The quantitative estimate of drug-likeness (QED) is 0.372. The Morgan fingerprint density at radius 1 is 1.11 bits per heavy atom. The lowest BCUT2D eigenvalue weighted by Crippen LogP contribution is -2.38. The third-order valence-electron chi connectivity index (χ3n) is 6.60. The third kappa shape index (κ3) is 4.33. The molecule has 0 aliphatic heterocycles. The Labute approximate surface area is 210 Å². The van der Waals surface area contributed by atoms with E-state index in [4.69, 9.17) is 4.52 Å². The van der Waals surface area contributed by atoms with E-state index in [9.17, 15) is 14.3 Å². The lowest BCUT2D eigenvalue weighted by atomic mass is 10.1. The molecule has 4 aromatic rings. The SMILES string of the molecule is O=C(O)C1(NCc2ccc(-c3noc(-c4nnn([C@H]5C=CC=CC5F)c4-c4ccncc4)n3)cc2)CC1. The number of benzene rings is 1. The van der Waals surface area contributed by atoms with Gasteiger partial charge >= 0.3 is 5.97 Å². The van der Waals surface area contributed by atoms with Gasteiger partial charge in [0.2, 0.25) is 5.82 Å². The van der Waals surface area contributed by atoms with Crippen molar-refractivity contribution < 1.29 is 18.8 Å². The van der Waals surface area contributed by atoms with Gasteiger partial charge in [0, 0.05) is 30.1 Å². The molecule has 0 spiro atoms. The number of aliphatic carboxylic acids is 1. The number of alkyl halides is 1. The van der Waals surface area contributed by atoms with Crippen molar-refractivity contribution in [2.75, 3.05) is 0 Å². The van der Waals surface area contributed by atoms with E-state index in [2.05, 4.69) is 30.8 Å². The Bertz CT molecular complexity index is 1490. The Balaban J connectivity index is 1.28. The molecule has 37 heavy (non-hydrogen) atoms. The number of halogens is 1. The number of aromatic nitrogens is 6. The van der Waals surface area contributed by atoms with Crippen LogP contribution in [0.4, 0.5) is 4.39 Å². The monoisotopic (exact) mass is 499 g/mol. The zero-order valence-corrected chi connectivity index (χ0v) is 19.5. The smallest absolute Gasteiger partial charge is 0.323 e. The van der Waals surface area contributed by atoms with Gasteiger partial charge < -0.3 is 9.63 Å². The second kappa shape index (κ2) is 9.17. The van der Waals surface area contributed by atoms with Crippen LogP contribution in [0.1, 0.15) is 24.4 Å². The lowest BCUT2D eigenvalue weighted by molar-refractivity contribution is -0.140. The molecule has 0 amide bonds. The highest BCUT2D eigenvalue weighted by Gasteiger charge is 2.49. The maximum Gasteiger partial charge on any atom is 0.323 e. The first-order chi connectivity index (χ1) is 18.0. The van der Waals surface area contributed by atoms with Crippen LogP contribution in [0.2, 0.25) is 0 Å². The number of carbonyl (C=O) groups is 1. The molecular formula is C26H22FN7O3. The number of hydrogen-bond donors (Lipinski definition) is 2. The number of allylic oxidation sites excluding steroid dienone is 4. The van der Waals surface area contributed by atoms with Crippen LogP contribution in [0.5, 0.6) is 0 Å². The fourth-order valence-electron chi connectivity index (χ4n) is 4.28. The first-order valence-electron chi connectivity index (χ1n) is 11.8. The van der Waals surface area contributed by atoms with E-state index in [0.29, 0.717) is 36.6 Å². The van der Waals surface area contributed by atoms with Crippen molar-refractivity contribution in [3.63, 3.8) is 0 Å². The average molecular weight is 500 g/mol. The van der Waals surface area contributed by atoms with Crippen LogP contribution < -0.4 is 5.32 Å². The van der Waals surface area contributed by atoms with Gasteiger partial charge in [0.05, 0.1) is 0 Å². The number of nitrogens with zero attached hydrogens (tertiary/aromatic N) is 6. The van der Waals surface area contributed by atoms with E-state index in [1.807, 2.05) is 24.3 Å². The molecule has 1 aromatic carbocycles. The van der Waals surface area contributed by atoms with Gasteiger partial charge in [-0.2, -0.15) is 4.98 Å². The molecule has 2 aliphatic carbocycles. The molecule has 186 valence electrons. The Morgan fingerprint density at radius 3 is 2.57 bits per heavy atom. The van der Waals surface area contributed by atoms with Crippen molar-refractivity contribution in [3.8, 4) is 34.2 Å². The predicted molar refractivity (Wildman–Crippen MR) is 131 cm³/mol. The molecule has 0 bridgehead atoms. The van der Waals surface area contributed by atoms with E-state index >= 15 is 0 Å². The van der Waals surface area contributed by atoms with Gasteiger partial charge in [-0.25, -0.2) is 9.07 Å². The van der Waals surface area contributed by atoms with Gasteiger partial charge in [-0.05, 0) is 36.6 Å². The second-order valence-electron chi connectivity index (χ2n) is 9.03. The summed E-state index contributed by atoms with van der Waals surface area (Å²) in [6, 6.07) is 10.4. The van der Waals surface area contributed by atoms with Crippen LogP contribution in [-0.2, 0) is 11.3 Å². The molecule has 1 fully saturated rings. The Kier molecular flexibility index (Phi) is 5.68. The van der Waals surface area contributed by atoms with Crippen molar-refractivity contribution in [2.24, 2.45) is 0 Å². The molecule has 3 heterocycles. The minimum Gasteiger partial charge on any atom is -0.480 e. The lowest BCUT2D eigenvalue weighted by Gasteiger charge is -2.19. The van der Waals surface area contributed by atoms with Crippen LogP contribution in [0.3, 0.4) is 0 Å². The predicted octanol–water partition coefficient (Wildman–Crippen LogP) is 3.77. The summed E-state index contributed by atoms with van der Waals surface area (Å²) < 4.78 is 21.8. The highest BCUT2D eigenvalue weighted by molar-refractivity contribution is 5.82. The fourth-order valence-corrected chi connectivity index (χ4v) is 4.28. The summed E-state index contributed by atoms with van der Waals surface area (Å²) in [6.07, 6.45) is 9.91. The van der Waals surface area contributed by atoms with Gasteiger partial charge in [0.1, 0.15) is 23.4 Å². The number of hydrogen-bond acceptors (Lipinski definition) is 8. The molecule has 0 saturated heterocycles. The number of pyridine rings is 1. The number of carboxylic acids is 1. The van der Waals surface area contributed by atoms with Gasteiger partial charge in [0.25, 0.3) is 5.89 Å².